The molecule has 2 fully saturated rings. The third-order valence-electron chi connectivity index (χ3n) is 7.48. The Morgan fingerprint density at radius 3 is 2.51 bits per heavy atom. The molecule has 6 rings (SSSR count). The average molecular weight is 523 g/mol. The Bertz CT molecular complexity index is 1560. The Morgan fingerprint density at radius 2 is 1.76 bits per heavy atom. The van der Waals surface area contributed by atoms with E-state index in [0.29, 0.717) is 25.7 Å². The first-order valence-corrected chi connectivity index (χ1v) is 13.8. The van der Waals surface area contributed by atoms with Crippen LogP contribution in [-0.4, -0.2) is 47.5 Å². The number of pyridine rings is 1. The first-order chi connectivity index (χ1) is 18.0. The van der Waals surface area contributed by atoms with E-state index < -0.39 is 11.4 Å². The van der Waals surface area contributed by atoms with Gasteiger partial charge in [0.1, 0.15) is 11.5 Å². The van der Waals surface area contributed by atoms with Crippen LogP contribution < -0.4 is 16.6 Å². The summed E-state index contributed by atoms with van der Waals surface area (Å²) >= 11 is 1.84. The number of benzene rings is 1. The highest BCUT2D eigenvalue weighted by molar-refractivity contribution is 7.99. The number of H-pyrrole nitrogens is 1. The zero-order valence-corrected chi connectivity index (χ0v) is 21.0. The van der Waals surface area contributed by atoms with Crippen molar-refractivity contribution in [1.82, 2.24) is 29.4 Å². The molecule has 192 valence electrons. The van der Waals surface area contributed by atoms with Crippen LogP contribution in [0.4, 0.5) is 4.39 Å². The molecule has 1 aliphatic carbocycles. The van der Waals surface area contributed by atoms with Crippen LogP contribution in [0.5, 0.6) is 0 Å². The quantitative estimate of drug-likeness (QED) is 0.424. The van der Waals surface area contributed by atoms with Gasteiger partial charge < -0.3 is 10.3 Å². The molecule has 3 aromatic heterocycles. The molecule has 0 spiro atoms. The molecule has 0 radical (unpaired) electrons. The molecule has 4 heterocycles. The first kappa shape index (κ1) is 23.9. The van der Waals surface area contributed by atoms with Gasteiger partial charge in [-0.15, -0.1) is 0 Å². The van der Waals surface area contributed by atoms with Gasteiger partial charge in [0, 0.05) is 18.1 Å². The summed E-state index contributed by atoms with van der Waals surface area (Å²) < 4.78 is 17.0. The van der Waals surface area contributed by atoms with E-state index in [9.17, 15) is 18.8 Å². The summed E-state index contributed by atoms with van der Waals surface area (Å²) in [5.74, 6) is 1.24. The maximum atomic E-state index is 14.1. The van der Waals surface area contributed by atoms with Crippen LogP contribution in [0.25, 0.3) is 22.1 Å². The number of imidazole rings is 1. The minimum absolute atomic E-state index is 0.0690. The van der Waals surface area contributed by atoms with Crippen molar-refractivity contribution in [3.05, 3.63) is 69.0 Å². The number of aromatic nitrogens is 5. The van der Waals surface area contributed by atoms with Crippen molar-refractivity contribution in [1.29, 1.82) is 0 Å². The second kappa shape index (κ2) is 9.77. The van der Waals surface area contributed by atoms with Crippen molar-refractivity contribution in [3.63, 3.8) is 0 Å². The summed E-state index contributed by atoms with van der Waals surface area (Å²) in [5.41, 5.74) is 0.916. The smallest absolute Gasteiger partial charge is 0.333 e. The van der Waals surface area contributed by atoms with E-state index >= 15 is 0 Å². The molecule has 9 nitrogen and oxygen atoms in total. The fourth-order valence-corrected chi connectivity index (χ4v) is 6.67. The standard InChI is InChI=1S/C26H27FN6O3S/c27-15-13-19-23(28-14-15)32(18-9-11-37-12-10-18)26(36)33(25(19)35)17-7-5-16(6-8-17)29-24(34)22-30-20-3-1-2-4-21(20)31-22/h1-4,13-14,16-18H,5-12H2,(H,29,34)(H,30,31). The maximum Gasteiger partial charge on any atom is 0.333 e. The third-order valence-corrected chi connectivity index (χ3v) is 8.53. The number of nitrogens with one attached hydrogen (secondary N) is 2. The summed E-state index contributed by atoms with van der Waals surface area (Å²) in [4.78, 5) is 51.5. The number of hydrogen-bond acceptors (Lipinski definition) is 6. The minimum Gasteiger partial charge on any atom is -0.347 e. The second-order valence-electron chi connectivity index (χ2n) is 9.78. The molecule has 37 heavy (non-hydrogen) atoms. The van der Waals surface area contributed by atoms with E-state index in [2.05, 4.69) is 20.3 Å². The molecule has 4 aromatic rings. The molecule has 1 saturated heterocycles. The van der Waals surface area contributed by atoms with Crippen molar-refractivity contribution >= 4 is 39.7 Å². The molecule has 1 aromatic carbocycles. The topological polar surface area (TPSA) is 115 Å². The Kier molecular flexibility index (Phi) is 6.31. The van der Waals surface area contributed by atoms with E-state index in [1.165, 1.54) is 10.6 Å². The lowest BCUT2D eigenvalue weighted by Gasteiger charge is -2.31. The van der Waals surface area contributed by atoms with Crippen LogP contribution in [0.15, 0.2) is 46.1 Å². The average Bonchev–Trinajstić information content (AvgIpc) is 3.36. The van der Waals surface area contributed by atoms with Gasteiger partial charge in [-0.1, -0.05) is 12.1 Å². The maximum absolute atomic E-state index is 14.1. The summed E-state index contributed by atoms with van der Waals surface area (Å²) in [6.07, 6.45) is 5.00. The number of carbonyl (C=O) groups excluding carboxylic acids is 1. The number of carbonyl (C=O) groups is 1. The normalized spacial score (nSPS) is 20.9. The van der Waals surface area contributed by atoms with Gasteiger partial charge in [-0.05, 0) is 68.2 Å². The molecule has 11 heteroatoms. The fraction of sp³-hybridized carbons (Fsp3) is 0.423. The molecule has 2 N–H and O–H groups in total. The zero-order chi connectivity index (χ0) is 25.5. The Hall–Kier alpha value is -3.47. The number of amides is 1. The molecule has 1 aliphatic heterocycles. The fourth-order valence-electron chi connectivity index (χ4n) is 5.59. The second-order valence-corrected chi connectivity index (χ2v) is 11.0. The molecular weight excluding hydrogens is 495 g/mol. The van der Waals surface area contributed by atoms with Gasteiger partial charge in [-0.3, -0.25) is 18.7 Å². The summed E-state index contributed by atoms with van der Waals surface area (Å²) in [5, 5.41) is 3.17. The highest BCUT2D eigenvalue weighted by Gasteiger charge is 2.30. The van der Waals surface area contributed by atoms with Gasteiger partial charge in [0.2, 0.25) is 0 Å². The van der Waals surface area contributed by atoms with Crippen molar-refractivity contribution < 1.29 is 9.18 Å². The van der Waals surface area contributed by atoms with E-state index in [1.54, 1.807) is 4.57 Å². The van der Waals surface area contributed by atoms with Crippen LogP contribution in [0, 0.1) is 5.82 Å². The SMILES string of the molecule is O=C(NC1CCC(n2c(=O)c3cc(F)cnc3n(C3CCSCC3)c2=O)CC1)c1nc2ccccc2[nH]1. The molecular formula is C26H27FN6O3S. The molecule has 1 saturated carbocycles. The highest BCUT2D eigenvalue weighted by Crippen LogP contribution is 2.30. The molecule has 0 bridgehead atoms. The van der Waals surface area contributed by atoms with Crippen molar-refractivity contribution in [2.75, 3.05) is 11.5 Å². The van der Waals surface area contributed by atoms with Crippen LogP contribution in [0.1, 0.15) is 61.2 Å². The predicted molar refractivity (Wildman–Crippen MR) is 141 cm³/mol. The lowest BCUT2D eigenvalue weighted by molar-refractivity contribution is 0.0912. The number of rotatable bonds is 4. The largest absolute Gasteiger partial charge is 0.347 e. The van der Waals surface area contributed by atoms with Crippen LogP contribution >= 0.6 is 11.8 Å². The highest BCUT2D eigenvalue weighted by atomic mass is 32.2. The number of thioether (sulfide) groups is 1. The summed E-state index contributed by atoms with van der Waals surface area (Å²) in [6, 6.07) is 8.16. The Morgan fingerprint density at radius 1 is 1.03 bits per heavy atom. The van der Waals surface area contributed by atoms with Crippen molar-refractivity contribution in [3.8, 4) is 0 Å². The Balaban J connectivity index is 1.25. The first-order valence-electron chi connectivity index (χ1n) is 12.7. The van der Waals surface area contributed by atoms with Crippen LogP contribution in [0.3, 0.4) is 0 Å². The minimum atomic E-state index is -0.599. The van der Waals surface area contributed by atoms with Crippen molar-refractivity contribution in [2.24, 2.45) is 0 Å². The lowest BCUT2D eigenvalue weighted by atomic mass is 9.91. The van der Waals surface area contributed by atoms with E-state index in [1.807, 2.05) is 36.0 Å². The number of aromatic amines is 1. The number of nitrogens with zero attached hydrogens (tertiary/aromatic N) is 4. The number of para-hydroxylation sites is 2. The van der Waals surface area contributed by atoms with E-state index in [4.69, 9.17) is 0 Å². The summed E-state index contributed by atoms with van der Waals surface area (Å²) in [6.45, 7) is 0. The van der Waals surface area contributed by atoms with Gasteiger partial charge >= 0.3 is 5.69 Å². The molecule has 1 amide bonds. The van der Waals surface area contributed by atoms with Crippen LogP contribution in [-0.2, 0) is 0 Å². The molecule has 2 aliphatic rings. The predicted octanol–water partition coefficient (Wildman–Crippen LogP) is 3.56. The van der Waals surface area contributed by atoms with E-state index in [0.717, 1.165) is 41.6 Å². The number of hydrogen-bond donors (Lipinski definition) is 2. The van der Waals surface area contributed by atoms with Gasteiger partial charge in [0.05, 0.1) is 22.6 Å². The zero-order valence-electron chi connectivity index (χ0n) is 20.2. The van der Waals surface area contributed by atoms with Gasteiger partial charge in [0.15, 0.2) is 5.82 Å². The molecule has 0 atom stereocenters. The lowest BCUT2D eigenvalue weighted by Crippen LogP contribution is -2.46. The van der Waals surface area contributed by atoms with Crippen molar-refractivity contribution in [2.45, 2.75) is 56.7 Å². The third kappa shape index (κ3) is 4.45. The van der Waals surface area contributed by atoms with E-state index in [-0.39, 0.29) is 46.6 Å². The number of halogens is 1. The molecule has 0 unspecified atom stereocenters. The Labute approximate surface area is 215 Å². The monoisotopic (exact) mass is 522 g/mol. The summed E-state index contributed by atoms with van der Waals surface area (Å²) in [7, 11) is 0. The van der Waals surface area contributed by atoms with Crippen LogP contribution in [0.2, 0.25) is 0 Å². The van der Waals surface area contributed by atoms with Gasteiger partial charge in [0.25, 0.3) is 11.5 Å². The number of fused-ring (bicyclic) bond motifs is 2. The van der Waals surface area contributed by atoms with Gasteiger partial charge in [-0.2, -0.15) is 11.8 Å². The van der Waals surface area contributed by atoms with Gasteiger partial charge in [-0.25, -0.2) is 19.2 Å².